The van der Waals surface area contributed by atoms with Crippen LogP contribution in [0.25, 0.3) is 0 Å². The lowest BCUT2D eigenvalue weighted by Crippen LogP contribution is -2.60. The number of alkyl carbamates (subject to hydrolysis) is 1. The average molecular weight is 411 g/mol. The molecule has 2 aliphatic rings. The van der Waals surface area contributed by atoms with Gasteiger partial charge in [-0.3, -0.25) is 9.59 Å². The van der Waals surface area contributed by atoms with Crippen LogP contribution in [-0.2, 0) is 23.9 Å². The lowest BCUT2D eigenvalue weighted by atomic mass is 9.70. The lowest BCUT2D eigenvalue weighted by Gasteiger charge is -2.48. The Balaban J connectivity index is 2.01. The molecule has 164 valence electrons. The number of likely N-dealkylation sites (tertiary alicyclic amines) is 1. The van der Waals surface area contributed by atoms with E-state index >= 15 is 0 Å². The van der Waals surface area contributed by atoms with Crippen molar-refractivity contribution in [2.24, 2.45) is 11.8 Å². The van der Waals surface area contributed by atoms with Crippen LogP contribution in [0.3, 0.4) is 0 Å². The second-order valence-corrected chi connectivity index (χ2v) is 8.77. The first-order valence-electron chi connectivity index (χ1n) is 10.2. The molecule has 0 radical (unpaired) electrons. The first-order chi connectivity index (χ1) is 13.5. The van der Waals surface area contributed by atoms with E-state index in [-0.39, 0.29) is 36.2 Å². The van der Waals surface area contributed by atoms with Crippen molar-refractivity contribution in [2.75, 3.05) is 20.2 Å². The van der Waals surface area contributed by atoms with Gasteiger partial charge in [0.25, 0.3) is 0 Å². The summed E-state index contributed by atoms with van der Waals surface area (Å²) in [5.74, 6) is -1.15. The fraction of sp³-hybridized carbons (Fsp3) is 0.800. The van der Waals surface area contributed by atoms with E-state index in [4.69, 9.17) is 4.74 Å². The van der Waals surface area contributed by atoms with Crippen molar-refractivity contribution in [3.05, 3.63) is 0 Å². The van der Waals surface area contributed by atoms with Crippen LogP contribution < -0.4 is 10.6 Å². The van der Waals surface area contributed by atoms with Gasteiger partial charge in [-0.05, 0) is 52.9 Å². The number of nitrogens with zero attached hydrogens (tertiary/aromatic N) is 1. The molecule has 0 spiro atoms. The van der Waals surface area contributed by atoms with Crippen LogP contribution in [0.15, 0.2) is 0 Å². The van der Waals surface area contributed by atoms with Crippen molar-refractivity contribution in [2.45, 2.75) is 71.1 Å². The van der Waals surface area contributed by atoms with Gasteiger partial charge >= 0.3 is 12.1 Å². The van der Waals surface area contributed by atoms with Gasteiger partial charge in [0.05, 0.1) is 13.0 Å². The molecule has 9 heteroatoms. The molecule has 0 aromatic carbocycles. The molecule has 2 fully saturated rings. The van der Waals surface area contributed by atoms with Gasteiger partial charge in [-0.2, -0.15) is 0 Å². The minimum atomic E-state index is -0.742. The van der Waals surface area contributed by atoms with Crippen molar-refractivity contribution < 1.29 is 28.7 Å². The number of methoxy groups -OCH3 is 1. The van der Waals surface area contributed by atoms with E-state index in [2.05, 4.69) is 15.4 Å². The number of fused-ring (bicyclic) bond motifs is 2. The summed E-state index contributed by atoms with van der Waals surface area (Å²) >= 11 is 0. The summed E-state index contributed by atoms with van der Waals surface area (Å²) in [7, 11) is 1.28. The Labute approximate surface area is 171 Å². The number of esters is 1. The Morgan fingerprint density at radius 2 is 1.83 bits per heavy atom. The van der Waals surface area contributed by atoms with E-state index in [9.17, 15) is 19.2 Å². The number of hydrogen-bond acceptors (Lipinski definition) is 6. The summed E-state index contributed by atoms with van der Waals surface area (Å²) in [6.07, 6.45) is 2.66. The van der Waals surface area contributed by atoms with Crippen LogP contribution in [0.1, 0.15) is 53.4 Å². The number of rotatable bonds is 5. The number of ether oxygens (including phenoxy) is 2. The van der Waals surface area contributed by atoms with Gasteiger partial charge in [-0.25, -0.2) is 9.59 Å². The lowest BCUT2D eigenvalue weighted by molar-refractivity contribution is -0.150. The van der Waals surface area contributed by atoms with Gasteiger partial charge in [0, 0.05) is 12.6 Å². The van der Waals surface area contributed by atoms with E-state index in [1.165, 1.54) is 7.11 Å². The van der Waals surface area contributed by atoms with Gasteiger partial charge < -0.3 is 25.0 Å². The number of hydrogen-bond donors (Lipinski definition) is 2. The first-order valence-corrected chi connectivity index (χ1v) is 10.2. The molecule has 9 nitrogen and oxygen atoms in total. The van der Waals surface area contributed by atoms with Gasteiger partial charge in [0.1, 0.15) is 18.2 Å². The molecule has 1 heterocycles. The second-order valence-electron chi connectivity index (χ2n) is 8.77. The van der Waals surface area contributed by atoms with E-state index in [1.807, 2.05) is 0 Å². The fourth-order valence-electron chi connectivity index (χ4n) is 4.21. The third-order valence-corrected chi connectivity index (χ3v) is 5.46. The maximum Gasteiger partial charge on any atom is 0.408 e. The van der Waals surface area contributed by atoms with Crippen molar-refractivity contribution in [3.63, 3.8) is 0 Å². The maximum absolute atomic E-state index is 12.9. The Bertz CT molecular complexity index is 645. The average Bonchev–Trinajstić information content (AvgIpc) is 2.63. The summed E-state index contributed by atoms with van der Waals surface area (Å²) in [6.45, 7) is 7.21. The molecule has 0 aromatic heterocycles. The number of amides is 3. The first kappa shape index (κ1) is 23.0. The van der Waals surface area contributed by atoms with Crippen molar-refractivity contribution in [1.29, 1.82) is 0 Å². The molecule has 1 saturated heterocycles. The minimum Gasteiger partial charge on any atom is -0.467 e. The highest BCUT2D eigenvalue weighted by molar-refractivity contribution is 5.88. The van der Waals surface area contributed by atoms with Gasteiger partial charge in [0.15, 0.2) is 0 Å². The van der Waals surface area contributed by atoms with Crippen LogP contribution in [-0.4, -0.2) is 66.7 Å². The zero-order valence-electron chi connectivity index (χ0n) is 17.9. The molecule has 0 aromatic rings. The molecular weight excluding hydrogens is 378 g/mol. The third kappa shape index (κ3) is 6.08. The van der Waals surface area contributed by atoms with Crippen LogP contribution in [0, 0.1) is 11.8 Å². The van der Waals surface area contributed by atoms with E-state index in [0.29, 0.717) is 6.54 Å². The summed E-state index contributed by atoms with van der Waals surface area (Å²) in [6, 6.07) is -0.978. The topological polar surface area (TPSA) is 114 Å². The van der Waals surface area contributed by atoms with Gasteiger partial charge in [0.2, 0.25) is 11.8 Å². The molecule has 2 rings (SSSR count). The second kappa shape index (κ2) is 9.45. The van der Waals surface area contributed by atoms with Gasteiger partial charge in [-0.1, -0.05) is 6.42 Å². The van der Waals surface area contributed by atoms with Crippen molar-refractivity contribution in [3.8, 4) is 0 Å². The minimum absolute atomic E-state index is 0.178. The smallest absolute Gasteiger partial charge is 0.408 e. The SMILES string of the molecule is COC(=O)[C@H](C)NC(=O)[C@@H]1[C@@H]2CCC[C@H]1N(C(=O)CNC(=O)OC(C)(C)C)CC2. The monoisotopic (exact) mass is 411 g/mol. The van der Waals surface area contributed by atoms with E-state index in [1.54, 1.807) is 32.6 Å². The number of nitrogens with one attached hydrogen (secondary N) is 2. The molecule has 1 saturated carbocycles. The molecule has 3 amide bonds. The predicted molar refractivity (Wildman–Crippen MR) is 105 cm³/mol. The fourth-order valence-corrected chi connectivity index (χ4v) is 4.21. The highest BCUT2D eigenvalue weighted by atomic mass is 16.6. The summed E-state index contributed by atoms with van der Waals surface area (Å²) in [4.78, 5) is 50.8. The Morgan fingerprint density at radius 1 is 1.14 bits per heavy atom. The molecule has 2 bridgehead atoms. The molecule has 1 aliphatic carbocycles. The molecule has 1 aliphatic heterocycles. The van der Waals surface area contributed by atoms with Gasteiger partial charge in [-0.15, -0.1) is 0 Å². The third-order valence-electron chi connectivity index (χ3n) is 5.46. The molecule has 0 unspecified atom stereocenters. The standard InChI is InChI=1S/C20H33N3O6/c1-12(18(26)28-5)22-17(25)16-13-7-6-8-14(16)23(10-9-13)15(24)11-21-19(27)29-20(2,3)4/h12-14,16H,6-11H2,1-5H3,(H,21,27)(H,22,25)/t12-,13+,14+,16+/m0/s1. The van der Waals surface area contributed by atoms with Crippen molar-refractivity contribution >= 4 is 23.9 Å². The molecule has 2 N–H and O–H groups in total. The molecule has 4 atom stereocenters. The quantitative estimate of drug-likeness (QED) is 0.657. The zero-order chi connectivity index (χ0) is 21.8. The Morgan fingerprint density at radius 3 is 2.45 bits per heavy atom. The number of carbonyl (C=O) groups excluding carboxylic acids is 4. The van der Waals surface area contributed by atoms with Crippen LogP contribution in [0.2, 0.25) is 0 Å². The summed E-state index contributed by atoms with van der Waals surface area (Å²) < 4.78 is 9.84. The van der Waals surface area contributed by atoms with E-state index in [0.717, 1.165) is 25.7 Å². The van der Waals surface area contributed by atoms with E-state index < -0.39 is 23.7 Å². The normalized spacial score (nSPS) is 24.9. The van der Waals surface area contributed by atoms with Crippen LogP contribution in [0.4, 0.5) is 4.79 Å². The summed E-state index contributed by atoms with van der Waals surface area (Å²) in [5.41, 5.74) is -0.644. The van der Waals surface area contributed by atoms with Crippen LogP contribution in [0.5, 0.6) is 0 Å². The highest BCUT2D eigenvalue weighted by Crippen LogP contribution is 2.40. The van der Waals surface area contributed by atoms with Crippen LogP contribution >= 0.6 is 0 Å². The Hall–Kier alpha value is -2.32. The molecular formula is C20H33N3O6. The Kier molecular flexibility index (Phi) is 7.48. The largest absolute Gasteiger partial charge is 0.467 e. The maximum atomic E-state index is 12.9. The predicted octanol–water partition coefficient (Wildman–Crippen LogP) is 1.21. The number of piperidine rings is 1. The molecule has 29 heavy (non-hydrogen) atoms. The number of carbonyl (C=O) groups is 4. The highest BCUT2D eigenvalue weighted by Gasteiger charge is 2.46. The zero-order valence-corrected chi connectivity index (χ0v) is 17.9. The van der Waals surface area contributed by atoms with Crippen molar-refractivity contribution in [1.82, 2.24) is 15.5 Å². The summed E-state index contributed by atoms with van der Waals surface area (Å²) in [5, 5.41) is 5.22.